The van der Waals surface area contributed by atoms with E-state index in [0.29, 0.717) is 6.04 Å². The second kappa shape index (κ2) is 7.08. The molecule has 2 aliphatic rings. The smallest absolute Gasteiger partial charge is 0.239 e. The number of thiophene rings is 1. The first-order valence-corrected chi connectivity index (χ1v) is 8.90. The fraction of sp³-hybridized carbons (Fsp3) is 0.688. The predicted octanol–water partition coefficient (Wildman–Crippen LogP) is 1.33. The van der Waals surface area contributed by atoms with Crippen LogP contribution in [0.5, 0.6) is 0 Å². The Morgan fingerprint density at radius 3 is 3.00 bits per heavy atom. The molecule has 1 N–H and O–H groups in total. The number of morpholine rings is 1. The van der Waals surface area contributed by atoms with Crippen LogP contribution >= 0.6 is 11.3 Å². The number of rotatable bonds is 5. The van der Waals surface area contributed by atoms with Crippen LogP contribution in [-0.2, 0) is 9.53 Å². The van der Waals surface area contributed by atoms with Crippen molar-refractivity contribution in [1.82, 2.24) is 15.1 Å². The van der Waals surface area contributed by atoms with Gasteiger partial charge < -0.3 is 15.0 Å². The van der Waals surface area contributed by atoms with Gasteiger partial charge in [-0.05, 0) is 24.8 Å². The predicted molar refractivity (Wildman–Crippen MR) is 88.1 cm³/mol. The fourth-order valence-corrected chi connectivity index (χ4v) is 4.15. The van der Waals surface area contributed by atoms with Gasteiger partial charge in [0.1, 0.15) is 0 Å². The zero-order valence-corrected chi connectivity index (χ0v) is 14.1. The van der Waals surface area contributed by atoms with Crippen LogP contribution in [0.2, 0.25) is 0 Å². The van der Waals surface area contributed by atoms with E-state index in [9.17, 15) is 4.79 Å². The van der Waals surface area contributed by atoms with Gasteiger partial charge in [0.05, 0.1) is 24.8 Å². The minimum Gasteiger partial charge on any atom is -0.376 e. The van der Waals surface area contributed by atoms with E-state index in [1.165, 1.54) is 4.88 Å². The highest BCUT2D eigenvalue weighted by Gasteiger charge is 2.31. The maximum atomic E-state index is 12.1. The van der Waals surface area contributed by atoms with Gasteiger partial charge in [-0.1, -0.05) is 6.07 Å². The third-order valence-corrected chi connectivity index (χ3v) is 5.54. The molecule has 1 aromatic rings. The number of nitrogens with one attached hydrogen (secondary N) is 1. The van der Waals surface area contributed by atoms with Gasteiger partial charge >= 0.3 is 0 Å². The number of ether oxygens (including phenoxy) is 1. The highest BCUT2D eigenvalue weighted by molar-refractivity contribution is 7.10. The molecule has 5 nitrogen and oxygen atoms in total. The number of carbonyl (C=O) groups excluding carboxylic acids is 1. The minimum absolute atomic E-state index is 0.0223. The molecule has 3 heterocycles. The van der Waals surface area contributed by atoms with Crippen molar-refractivity contribution in [3.63, 3.8) is 0 Å². The normalized spacial score (nSPS) is 28.3. The molecule has 6 heteroatoms. The molecule has 3 atom stereocenters. The maximum Gasteiger partial charge on any atom is 0.239 e. The first-order valence-electron chi connectivity index (χ1n) is 8.02. The van der Waals surface area contributed by atoms with Gasteiger partial charge in [0, 0.05) is 38.1 Å². The molecule has 2 aliphatic heterocycles. The Morgan fingerprint density at radius 2 is 2.36 bits per heavy atom. The molecule has 1 aromatic heterocycles. The van der Waals surface area contributed by atoms with Crippen molar-refractivity contribution in [1.29, 1.82) is 0 Å². The maximum absolute atomic E-state index is 12.1. The van der Waals surface area contributed by atoms with E-state index in [1.807, 2.05) is 11.9 Å². The summed E-state index contributed by atoms with van der Waals surface area (Å²) < 4.78 is 5.67. The van der Waals surface area contributed by atoms with Gasteiger partial charge in [0.2, 0.25) is 5.91 Å². The van der Waals surface area contributed by atoms with Crippen molar-refractivity contribution < 1.29 is 9.53 Å². The van der Waals surface area contributed by atoms with Crippen molar-refractivity contribution in [2.24, 2.45) is 0 Å². The van der Waals surface area contributed by atoms with Crippen molar-refractivity contribution in [2.45, 2.75) is 31.5 Å². The molecule has 1 amide bonds. The molecule has 0 bridgehead atoms. The largest absolute Gasteiger partial charge is 0.376 e. The standard InChI is InChI=1S/C16H25N3O2S/c1-12-11-19(7-8-21-12)14(15-4-3-9-22-15)10-17-13-5-6-18(2)16(13)20/h3-4,9,12-14,17H,5-8,10-11H2,1-2H3/t12-,13-,14+/m1/s1. The first kappa shape index (κ1) is 15.9. The number of hydrogen-bond donors (Lipinski definition) is 1. The van der Waals surface area contributed by atoms with Crippen LogP contribution in [0.4, 0.5) is 0 Å². The second-order valence-corrected chi connectivity index (χ2v) is 7.20. The van der Waals surface area contributed by atoms with Crippen molar-refractivity contribution in [3.05, 3.63) is 22.4 Å². The quantitative estimate of drug-likeness (QED) is 0.888. The average Bonchev–Trinajstić information content (AvgIpc) is 3.13. The fourth-order valence-electron chi connectivity index (χ4n) is 3.28. The first-order chi connectivity index (χ1) is 10.6. The Balaban J connectivity index is 1.65. The van der Waals surface area contributed by atoms with Gasteiger partial charge in [-0.3, -0.25) is 9.69 Å². The van der Waals surface area contributed by atoms with Gasteiger partial charge in [-0.25, -0.2) is 0 Å². The minimum atomic E-state index is -0.0223. The third kappa shape index (κ3) is 3.51. The third-order valence-electron chi connectivity index (χ3n) is 4.57. The number of amides is 1. The van der Waals surface area contributed by atoms with Crippen LogP contribution in [0.3, 0.4) is 0 Å². The van der Waals surface area contributed by atoms with Crippen molar-refractivity contribution in [3.8, 4) is 0 Å². The van der Waals surface area contributed by atoms with Crippen LogP contribution in [0, 0.1) is 0 Å². The van der Waals surface area contributed by atoms with Gasteiger partial charge in [0.25, 0.3) is 0 Å². The molecule has 3 rings (SSSR count). The Labute approximate surface area is 136 Å². The van der Waals surface area contributed by atoms with Crippen molar-refractivity contribution >= 4 is 17.2 Å². The molecule has 0 unspecified atom stereocenters. The van der Waals surface area contributed by atoms with E-state index in [-0.39, 0.29) is 18.1 Å². The van der Waals surface area contributed by atoms with E-state index in [4.69, 9.17) is 4.74 Å². The zero-order chi connectivity index (χ0) is 15.5. The summed E-state index contributed by atoms with van der Waals surface area (Å²) in [4.78, 5) is 17.7. The Bertz CT molecular complexity index is 494. The lowest BCUT2D eigenvalue weighted by Gasteiger charge is -2.37. The van der Waals surface area contributed by atoms with Crippen LogP contribution in [0.25, 0.3) is 0 Å². The summed E-state index contributed by atoms with van der Waals surface area (Å²) in [5.41, 5.74) is 0. The summed E-state index contributed by atoms with van der Waals surface area (Å²) >= 11 is 1.79. The number of nitrogens with zero attached hydrogens (tertiary/aromatic N) is 2. The number of hydrogen-bond acceptors (Lipinski definition) is 5. The summed E-state index contributed by atoms with van der Waals surface area (Å²) in [6.45, 7) is 6.48. The van der Waals surface area contributed by atoms with Crippen LogP contribution in [0.1, 0.15) is 24.3 Å². The summed E-state index contributed by atoms with van der Waals surface area (Å²) in [5.74, 6) is 0.222. The molecule has 122 valence electrons. The molecule has 0 saturated carbocycles. The van der Waals surface area contributed by atoms with E-state index < -0.39 is 0 Å². The molecule has 0 radical (unpaired) electrons. The Kier molecular flexibility index (Phi) is 5.13. The lowest BCUT2D eigenvalue weighted by atomic mass is 10.1. The van der Waals surface area contributed by atoms with E-state index in [2.05, 4.69) is 34.7 Å². The monoisotopic (exact) mass is 323 g/mol. The highest BCUT2D eigenvalue weighted by atomic mass is 32.1. The summed E-state index contributed by atoms with van der Waals surface area (Å²) in [5, 5.41) is 5.62. The van der Waals surface area contributed by atoms with Crippen molar-refractivity contribution in [2.75, 3.05) is 39.8 Å². The van der Waals surface area contributed by atoms with Gasteiger partial charge in [0.15, 0.2) is 0 Å². The van der Waals surface area contributed by atoms with Crippen LogP contribution in [-0.4, -0.2) is 67.7 Å². The number of carbonyl (C=O) groups is 1. The molecular weight excluding hydrogens is 298 g/mol. The van der Waals surface area contributed by atoms with E-state index in [0.717, 1.165) is 39.2 Å². The summed E-state index contributed by atoms with van der Waals surface area (Å²) in [6.07, 6.45) is 1.18. The molecule has 0 aromatic carbocycles. The SMILES string of the molecule is C[C@@H]1CN([C@@H](CN[C@@H]2CCN(C)C2=O)c2cccs2)CCO1. The molecule has 2 fully saturated rings. The zero-order valence-electron chi connectivity index (χ0n) is 13.3. The highest BCUT2D eigenvalue weighted by Crippen LogP contribution is 2.27. The van der Waals surface area contributed by atoms with E-state index >= 15 is 0 Å². The Hall–Kier alpha value is -0.950. The number of likely N-dealkylation sites (N-methyl/N-ethyl adjacent to an activating group) is 1. The lowest BCUT2D eigenvalue weighted by molar-refractivity contribution is -0.128. The Morgan fingerprint density at radius 1 is 1.50 bits per heavy atom. The average molecular weight is 323 g/mol. The summed E-state index contributed by atoms with van der Waals surface area (Å²) in [7, 11) is 1.88. The second-order valence-electron chi connectivity index (χ2n) is 6.22. The summed E-state index contributed by atoms with van der Waals surface area (Å²) in [6, 6.07) is 4.60. The molecule has 22 heavy (non-hydrogen) atoms. The lowest BCUT2D eigenvalue weighted by Crippen LogP contribution is -2.47. The van der Waals surface area contributed by atoms with Gasteiger partial charge in [-0.15, -0.1) is 11.3 Å². The topological polar surface area (TPSA) is 44.8 Å². The molecular formula is C16H25N3O2S. The molecule has 2 saturated heterocycles. The van der Waals surface area contributed by atoms with Crippen LogP contribution in [0.15, 0.2) is 17.5 Å². The molecule has 0 aliphatic carbocycles. The molecule has 0 spiro atoms. The van der Waals surface area contributed by atoms with E-state index in [1.54, 1.807) is 11.3 Å². The number of likely N-dealkylation sites (tertiary alicyclic amines) is 1. The van der Waals surface area contributed by atoms with Gasteiger partial charge in [-0.2, -0.15) is 0 Å². The van der Waals surface area contributed by atoms with Crippen LogP contribution < -0.4 is 5.32 Å².